The third-order valence-corrected chi connectivity index (χ3v) is 8.02. The number of hydrogen-bond donors (Lipinski definition) is 1. The number of hydrogen-bond acceptors (Lipinski definition) is 3. The lowest BCUT2D eigenvalue weighted by Gasteiger charge is -2.61. The summed E-state index contributed by atoms with van der Waals surface area (Å²) < 4.78 is 70.4. The van der Waals surface area contributed by atoms with Crippen LogP contribution in [0.2, 0.25) is 0 Å². The molecule has 5 nitrogen and oxygen atoms in total. The number of carbonyl (C=O) groups excluding carboxylic acids is 1. The van der Waals surface area contributed by atoms with Crippen LogP contribution in [-0.4, -0.2) is 50.3 Å². The van der Waals surface area contributed by atoms with Crippen molar-refractivity contribution >= 4 is 15.9 Å². The molecule has 1 amide bonds. The minimum atomic E-state index is -3.76. The van der Waals surface area contributed by atoms with E-state index >= 15 is 8.78 Å². The first-order chi connectivity index (χ1) is 15.6. The van der Waals surface area contributed by atoms with Crippen LogP contribution in [0.5, 0.6) is 0 Å². The molecule has 0 aromatic heterocycles. The predicted octanol–water partition coefficient (Wildman–Crippen LogP) is 3.44. The second kappa shape index (κ2) is 7.84. The Balaban J connectivity index is 1.49. The van der Waals surface area contributed by atoms with Gasteiger partial charge in [0.1, 0.15) is 17.8 Å². The molecule has 4 aliphatic rings. The number of amides is 1. The van der Waals surface area contributed by atoms with Crippen LogP contribution in [0, 0.1) is 23.0 Å². The summed E-state index contributed by atoms with van der Waals surface area (Å²) in [6.07, 6.45) is 1.61. The van der Waals surface area contributed by atoms with Crippen LogP contribution in [0.1, 0.15) is 24.8 Å². The first-order valence-electron chi connectivity index (χ1n) is 11.0. The molecule has 2 aromatic rings. The van der Waals surface area contributed by atoms with E-state index in [1.165, 1.54) is 35.2 Å². The third kappa shape index (κ3) is 3.95. The van der Waals surface area contributed by atoms with Crippen molar-refractivity contribution < 1.29 is 26.4 Å². The topological polar surface area (TPSA) is 66.5 Å². The summed E-state index contributed by atoms with van der Waals surface area (Å²) in [6, 6.07) is 8.20. The minimum Gasteiger partial charge on any atom is -0.334 e. The number of carbonyl (C=O) groups is 1. The van der Waals surface area contributed by atoms with Crippen LogP contribution in [-0.2, 0) is 21.2 Å². The van der Waals surface area contributed by atoms with Crippen LogP contribution >= 0.6 is 0 Å². The van der Waals surface area contributed by atoms with Crippen molar-refractivity contribution in [2.24, 2.45) is 11.3 Å². The molecule has 6 rings (SSSR count). The first-order valence-corrected chi connectivity index (χ1v) is 12.9. The molecule has 3 atom stereocenters. The van der Waals surface area contributed by atoms with E-state index in [1.807, 2.05) is 0 Å². The summed E-state index contributed by atoms with van der Waals surface area (Å²) in [6.45, 7) is -0.228. The Labute approximate surface area is 191 Å². The molecule has 0 spiro atoms. The maximum absolute atomic E-state index is 15.5. The quantitative estimate of drug-likeness (QED) is 0.692. The number of rotatable bonds is 6. The zero-order chi connectivity index (χ0) is 23.5. The molecule has 3 aliphatic carbocycles. The monoisotopic (exact) mass is 478 g/mol. The van der Waals surface area contributed by atoms with Gasteiger partial charge in [0.15, 0.2) is 0 Å². The summed E-state index contributed by atoms with van der Waals surface area (Å²) in [4.78, 5) is 14.7. The standard InChI is InChI=1S/C24H25F3N2O3S/c1-33(31,32)28-22-19(26)13-29(23(30)24-10-14(11-24)12-24)20(22)9-16-5-3-7-18(21(16)27)15-4-2-6-17(25)8-15/h2-8,14,19-20,22,28H,9-13H2,1H3/t14?,19-,20-,22-,24?/m0/s1. The van der Waals surface area contributed by atoms with Crippen molar-refractivity contribution in [3.05, 3.63) is 59.7 Å². The second-order valence-corrected chi connectivity index (χ2v) is 11.5. The van der Waals surface area contributed by atoms with Gasteiger partial charge in [-0.1, -0.05) is 30.3 Å². The number of benzene rings is 2. The molecular formula is C24H25F3N2O3S. The van der Waals surface area contributed by atoms with Gasteiger partial charge in [-0.25, -0.2) is 26.3 Å². The van der Waals surface area contributed by atoms with E-state index in [-0.39, 0.29) is 30.0 Å². The van der Waals surface area contributed by atoms with Gasteiger partial charge in [0.05, 0.1) is 30.3 Å². The largest absolute Gasteiger partial charge is 0.334 e. The van der Waals surface area contributed by atoms with Gasteiger partial charge in [-0.15, -0.1) is 0 Å². The van der Waals surface area contributed by atoms with E-state index < -0.39 is 45.3 Å². The lowest BCUT2D eigenvalue weighted by Crippen LogP contribution is -2.62. The van der Waals surface area contributed by atoms with Gasteiger partial charge in [-0.2, -0.15) is 0 Å². The molecule has 0 radical (unpaired) electrons. The maximum Gasteiger partial charge on any atom is 0.229 e. The van der Waals surface area contributed by atoms with Crippen molar-refractivity contribution in [2.45, 2.75) is 43.9 Å². The molecule has 0 unspecified atom stereocenters. The summed E-state index contributed by atoms with van der Waals surface area (Å²) in [5.41, 5.74) is 0.292. The summed E-state index contributed by atoms with van der Waals surface area (Å²) in [5, 5.41) is 0. The van der Waals surface area contributed by atoms with E-state index in [2.05, 4.69) is 4.72 Å². The molecule has 176 valence electrons. The fraction of sp³-hybridized carbons (Fsp3) is 0.458. The van der Waals surface area contributed by atoms with Crippen molar-refractivity contribution in [1.82, 2.24) is 9.62 Å². The van der Waals surface area contributed by atoms with Crippen molar-refractivity contribution in [1.29, 1.82) is 0 Å². The lowest BCUT2D eigenvalue weighted by molar-refractivity contribution is -0.178. The fourth-order valence-electron chi connectivity index (χ4n) is 5.63. The van der Waals surface area contributed by atoms with Crippen LogP contribution in [0.25, 0.3) is 11.1 Å². The molecule has 4 fully saturated rings. The lowest BCUT2D eigenvalue weighted by atomic mass is 9.44. The molecule has 1 N–H and O–H groups in total. The molecule has 9 heteroatoms. The molecule has 1 heterocycles. The van der Waals surface area contributed by atoms with Crippen molar-refractivity contribution in [3.8, 4) is 11.1 Å². The number of nitrogens with zero attached hydrogens (tertiary/aromatic N) is 1. The number of halogens is 3. The Morgan fingerprint density at radius 1 is 1.15 bits per heavy atom. The van der Waals surface area contributed by atoms with Gasteiger partial charge >= 0.3 is 0 Å². The first kappa shape index (κ1) is 22.4. The van der Waals surface area contributed by atoms with E-state index in [1.54, 1.807) is 12.1 Å². The van der Waals surface area contributed by atoms with Gasteiger partial charge in [0.2, 0.25) is 15.9 Å². The average molecular weight is 479 g/mol. The Hall–Kier alpha value is -2.39. The molecule has 2 bridgehead atoms. The highest BCUT2D eigenvalue weighted by atomic mass is 32.2. The minimum absolute atomic E-state index is 0.0617. The highest BCUT2D eigenvalue weighted by Gasteiger charge is 2.64. The number of nitrogens with one attached hydrogen (secondary N) is 1. The summed E-state index contributed by atoms with van der Waals surface area (Å²) in [5.74, 6) is -0.721. The summed E-state index contributed by atoms with van der Waals surface area (Å²) >= 11 is 0. The fourth-order valence-corrected chi connectivity index (χ4v) is 6.43. The average Bonchev–Trinajstić information content (AvgIpc) is 2.95. The number of likely N-dealkylation sites (tertiary alicyclic amines) is 1. The van der Waals surface area contributed by atoms with Gasteiger partial charge < -0.3 is 4.90 Å². The van der Waals surface area contributed by atoms with E-state index in [0.717, 1.165) is 25.5 Å². The number of sulfonamides is 1. The highest BCUT2D eigenvalue weighted by molar-refractivity contribution is 7.88. The molecule has 2 aromatic carbocycles. The van der Waals surface area contributed by atoms with Crippen molar-refractivity contribution in [3.63, 3.8) is 0 Å². The van der Waals surface area contributed by atoms with Gasteiger partial charge in [0.25, 0.3) is 0 Å². The number of alkyl halides is 1. The van der Waals surface area contributed by atoms with Crippen LogP contribution in [0.3, 0.4) is 0 Å². The molecular weight excluding hydrogens is 453 g/mol. The third-order valence-electron chi connectivity index (χ3n) is 7.32. The van der Waals surface area contributed by atoms with Gasteiger partial charge in [0, 0.05) is 5.56 Å². The molecule has 1 aliphatic heterocycles. The van der Waals surface area contributed by atoms with Crippen LogP contribution in [0.4, 0.5) is 13.2 Å². The zero-order valence-corrected chi connectivity index (χ0v) is 18.9. The highest BCUT2D eigenvalue weighted by Crippen LogP contribution is 2.65. The van der Waals surface area contributed by atoms with E-state index in [4.69, 9.17) is 0 Å². The Morgan fingerprint density at radius 3 is 2.45 bits per heavy atom. The molecule has 3 saturated carbocycles. The van der Waals surface area contributed by atoms with Crippen LogP contribution < -0.4 is 4.72 Å². The SMILES string of the molecule is CS(=O)(=O)N[C@H]1[C@@H](F)CN(C(=O)C23CC(C2)C3)[C@H]1Cc1cccc(-c2cccc(F)c2)c1F. The van der Waals surface area contributed by atoms with E-state index in [9.17, 15) is 17.6 Å². The van der Waals surface area contributed by atoms with Crippen LogP contribution in [0.15, 0.2) is 42.5 Å². The maximum atomic E-state index is 15.5. The van der Waals surface area contributed by atoms with Gasteiger partial charge in [-0.05, 0) is 54.9 Å². The van der Waals surface area contributed by atoms with E-state index in [0.29, 0.717) is 11.5 Å². The zero-order valence-electron chi connectivity index (χ0n) is 18.1. The molecule has 33 heavy (non-hydrogen) atoms. The Kier molecular flexibility index (Phi) is 5.32. The summed E-state index contributed by atoms with van der Waals surface area (Å²) in [7, 11) is -3.76. The van der Waals surface area contributed by atoms with Gasteiger partial charge in [-0.3, -0.25) is 4.79 Å². The molecule has 1 saturated heterocycles. The Bertz CT molecular complexity index is 1200. The normalized spacial score (nSPS) is 30.6. The second-order valence-electron chi connectivity index (χ2n) is 9.71. The predicted molar refractivity (Wildman–Crippen MR) is 117 cm³/mol. The van der Waals surface area contributed by atoms with Crippen molar-refractivity contribution in [2.75, 3.05) is 12.8 Å². The smallest absolute Gasteiger partial charge is 0.229 e. The Morgan fingerprint density at radius 2 is 1.85 bits per heavy atom.